The minimum absolute atomic E-state index is 0.585. The topological polar surface area (TPSA) is 52.8 Å². The maximum Gasteiger partial charge on any atom is 0.164 e. The van der Waals surface area contributed by atoms with Crippen LogP contribution in [-0.2, 0) is 0 Å². The van der Waals surface area contributed by atoms with Crippen LogP contribution in [0.25, 0.3) is 72.8 Å². The van der Waals surface area contributed by atoms with Crippen LogP contribution in [0.4, 0.5) is 0 Å². The molecule has 0 fully saturated rings. The first-order chi connectivity index (χ1) is 25.2. The van der Waals surface area contributed by atoms with Crippen molar-refractivity contribution < 1.29 is 4.74 Å². The Labute approximate surface area is 296 Å². The Bertz CT molecular complexity index is 2580. The molecule has 51 heavy (non-hydrogen) atoms. The lowest BCUT2D eigenvalue weighted by Crippen LogP contribution is -2.00. The molecule has 0 saturated heterocycles. The second-order valence-corrected chi connectivity index (χ2v) is 12.5. The maximum atomic E-state index is 5.82. The van der Waals surface area contributed by atoms with E-state index in [9.17, 15) is 0 Å². The van der Waals surface area contributed by atoms with Crippen molar-refractivity contribution in [3.05, 3.63) is 188 Å². The Morgan fingerprint density at radius 2 is 1.18 bits per heavy atom. The Balaban J connectivity index is 1.06. The molecule has 0 spiro atoms. The minimum atomic E-state index is 0.585. The summed E-state index contributed by atoms with van der Waals surface area (Å²) in [5, 5.41) is 2.37. The van der Waals surface area contributed by atoms with E-state index in [4.69, 9.17) is 19.7 Å². The van der Waals surface area contributed by atoms with Gasteiger partial charge in [-0.05, 0) is 59.7 Å². The van der Waals surface area contributed by atoms with Gasteiger partial charge in [0.1, 0.15) is 12.4 Å². The minimum Gasteiger partial charge on any atom is -0.488 e. The summed E-state index contributed by atoms with van der Waals surface area (Å²) in [6.07, 6.45) is 6.25. The van der Waals surface area contributed by atoms with Gasteiger partial charge in [0, 0.05) is 44.3 Å². The molecule has 5 heteroatoms. The van der Waals surface area contributed by atoms with E-state index in [1.165, 1.54) is 16.3 Å². The van der Waals surface area contributed by atoms with Gasteiger partial charge in [0.2, 0.25) is 0 Å². The van der Waals surface area contributed by atoms with Crippen molar-refractivity contribution in [2.75, 3.05) is 6.61 Å². The fourth-order valence-electron chi connectivity index (χ4n) is 6.75. The van der Waals surface area contributed by atoms with Gasteiger partial charge in [-0.1, -0.05) is 128 Å². The number of fused-ring (bicyclic) bond motifs is 4. The number of ether oxygens (including phenoxy) is 1. The highest BCUT2D eigenvalue weighted by Gasteiger charge is 2.17. The van der Waals surface area contributed by atoms with Gasteiger partial charge in [-0.2, -0.15) is 0 Å². The Morgan fingerprint density at radius 3 is 1.88 bits per heavy atom. The summed E-state index contributed by atoms with van der Waals surface area (Å²) in [6.45, 7) is 4.99. The lowest BCUT2D eigenvalue weighted by molar-refractivity contribution is 0.388. The largest absolute Gasteiger partial charge is 0.488 e. The molecule has 0 unspecified atom stereocenters. The van der Waals surface area contributed by atoms with Crippen LogP contribution in [-0.4, -0.2) is 26.1 Å². The lowest BCUT2D eigenvalue weighted by Gasteiger charge is -2.11. The van der Waals surface area contributed by atoms with Gasteiger partial charge >= 0.3 is 0 Å². The molecule has 242 valence electrons. The predicted molar refractivity (Wildman–Crippen MR) is 209 cm³/mol. The second-order valence-electron chi connectivity index (χ2n) is 12.5. The van der Waals surface area contributed by atoms with E-state index in [-0.39, 0.29) is 0 Å². The van der Waals surface area contributed by atoms with E-state index >= 15 is 0 Å². The van der Waals surface area contributed by atoms with Crippen molar-refractivity contribution in [2.24, 2.45) is 0 Å². The van der Waals surface area contributed by atoms with E-state index < -0.39 is 0 Å². The number of rotatable bonds is 7. The average Bonchev–Trinajstić information content (AvgIpc) is 3.77. The highest BCUT2D eigenvalue weighted by molar-refractivity contribution is 6.10. The molecule has 1 aliphatic heterocycles. The molecule has 3 heterocycles. The molecule has 0 bridgehead atoms. The number of hydrogen-bond acceptors (Lipinski definition) is 4. The van der Waals surface area contributed by atoms with E-state index in [0.717, 1.165) is 55.9 Å². The number of aromatic nitrogens is 4. The van der Waals surface area contributed by atoms with Crippen LogP contribution in [0, 0.1) is 0 Å². The lowest BCUT2D eigenvalue weighted by atomic mass is 10.0. The number of para-hydroxylation sites is 2. The third-order valence-corrected chi connectivity index (χ3v) is 9.34. The van der Waals surface area contributed by atoms with Crippen molar-refractivity contribution >= 4 is 33.0 Å². The van der Waals surface area contributed by atoms with Crippen LogP contribution in [0.2, 0.25) is 0 Å². The van der Waals surface area contributed by atoms with E-state index in [1.54, 1.807) is 0 Å². The van der Waals surface area contributed by atoms with Gasteiger partial charge in [-0.3, -0.25) is 0 Å². The Morgan fingerprint density at radius 1 is 0.588 bits per heavy atom. The highest BCUT2D eigenvalue weighted by Crippen LogP contribution is 2.35. The molecular formula is C46H32N4O. The monoisotopic (exact) mass is 656 g/mol. The molecule has 6 aromatic carbocycles. The van der Waals surface area contributed by atoms with Crippen LogP contribution in [0.5, 0.6) is 5.75 Å². The molecule has 8 aromatic rings. The second kappa shape index (κ2) is 12.9. The van der Waals surface area contributed by atoms with Gasteiger partial charge < -0.3 is 9.30 Å². The van der Waals surface area contributed by atoms with Crippen LogP contribution in [0.15, 0.2) is 176 Å². The van der Waals surface area contributed by atoms with Crippen LogP contribution < -0.4 is 4.74 Å². The summed E-state index contributed by atoms with van der Waals surface area (Å²) in [4.78, 5) is 14.7. The smallest absolute Gasteiger partial charge is 0.164 e. The van der Waals surface area contributed by atoms with Gasteiger partial charge in [0.05, 0.1) is 11.0 Å². The molecule has 5 nitrogen and oxygen atoms in total. The Hall–Kier alpha value is -6.85. The first kappa shape index (κ1) is 30.2. The van der Waals surface area contributed by atoms with Crippen molar-refractivity contribution in [1.29, 1.82) is 0 Å². The first-order valence-electron chi connectivity index (χ1n) is 17.0. The normalized spacial score (nSPS) is 13.2. The van der Waals surface area contributed by atoms with Crippen molar-refractivity contribution in [3.8, 4) is 45.6 Å². The average molecular weight is 657 g/mol. The number of benzene rings is 6. The number of allylic oxidation sites excluding steroid dienone is 4. The van der Waals surface area contributed by atoms with E-state index in [0.29, 0.717) is 24.1 Å². The zero-order chi connectivity index (χ0) is 34.1. The number of hydrogen-bond donors (Lipinski definition) is 0. The summed E-state index contributed by atoms with van der Waals surface area (Å²) in [5.41, 5.74) is 10.5. The standard InChI is InChI=1S/C46H32N4O/c1-31(13-12-18-36-30-51-43-22-11-9-19-38(36)43)35-25-28-42-40(29-35)39-20-8-10-21-41(39)50(42)37-26-23-34(24-27-37)46-48-44(32-14-4-2-5-15-32)47-45(49-46)33-16-6-3-7-17-33/h2-29H,1,30H2/b13-12-,36-18+. The molecule has 0 amide bonds. The summed E-state index contributed by atoms with van der Waals surface area (Å²) in [6, 6.07) is 51.9. The van der Waals surface area contributed by atoms with E-state index in [2.05, 4.69) is 102 Å². The molecule has 0 N–H and O–H groups in total. The fourth-order valence-corrected chi connectivity index (χ4v) is 6.75. The zero-order valence-electron chi connectivity index (χ0n) is 27.8. The van der Waals surface area contributed by atoms with Crippen LogP contribution in [0.1, 0.15) is 11.1 Å². The molecule has 0 radical (unpaired) electrons. The third kappa shape index (κ3) is 5.71. The summed E-state index contributed by atoms with van der Waals surface area (Å²) in [5.74, 6) is 2.86. The van der Waals surface area contributed by atoms with E-state index in [1.807, 2.05) is 78.9 Å². The third-order valence-electron chi connectivity index (χ3n) is 9.34. The first-order valence-corrected chi connectivity index (χ1v) is 17.0. The van der Waals surface area contributed by atoms with Crippen molar-refractivity contribution in [1.82, 2.24) is 19.5 Å². The summed E-state index contributed by atoms with van der Waals surface area (Å²) < 4.78 is 8.13. The van der Waals surface area contributed by atoms with Crippen molar-refractivity contribution in [2.45, 2.75) is 0 Å². The molecular weight excluding hydrogens is 625 g/mol. The molecule has 9 rings (SSSR count). The predicted octanol–water partition coefficient (Wildman–Crippen LogP) is 11.0. The van der Waals surface area contributed by atoms with Crippen LogP contribution in [0.3, 0.4) is 0 Å². The van der Waals surface area contributed by atoms with Crippen LogP contribution >= 0.6 is 0 Å². The van der Waals surface area contributed by atoms with Gasteiger partial charge in [0.15, 0.2) is 17.5 Å². The van der Waals surface area contributed by atoms with Crippen molar-refractivity contribution in [3.63, 3.8) is 0 Å². The zero-order valence-corrected chi connectivity index (χ0v) is 27.8. The molecule has 0 saturated carbocycles. The molecule has 0 aliphatic carbocycles. The summed E-state index contributed by atoms with van der Waals surface area (Å²) >= 11 is 0. The quantitative estimate of drug-likeness (QED) is 0.160. The maximum absolute atomic E-state index is 5.82. The molecule has 1 aliphatic rings. The number of nitrogens with zero attached hydrogens (tertiary/aromatic N) is 4. The SMILES string of the molecule is C=C(/C=C\C=C1/COc2ccccc21)c1ccc2c(c1)c1ccccc1n2-c1ccc(-c2nc(-c3ccccc3)nc(-c3ccccc3)n2)cc1. The highest BCUT2D eigenvalue weighted by atomic mass is 16.5. The van der Waals surface area contributed by atoms with Gasteiger partial charge in [-0.25, -0.2) is 15.0 Å². The molecule has 2 aromatic heterocycles. The molecule has 0 atom stereocenters. The fraction of sp³-hybridized carbons (Fsp3) is 0.0217. The van der Waals surface area contributed by atoms with Gasteiger partial charge in [-0.15, -0.1) is 0 Å². The Kier molecular flexibility index (Phi) is 7.63. The summed E-state index contributed by atoms with van der Waals surface area (Å²) in [7, 11) is 0. The van der Waals surface area contributed by atoms with Gasteiger partial charge in [0.25, 0.3) is 0 Å².